The van der Waals surface area contributed by atoms with E-state index in [1.807, 2.05) is 0 Å². The first-order chi connectivity index (χ1) is 8.72. The van der Waals surface area contributed by atoms with Gasteiger partial charge < -0.3 is 20.8 Å². The Morgan fingerprint density at radius 3 is 2.26 bits per heavy atom. The van der Waals surface area contributed by atoms with Crippen LogP contribution in [0.15, 0.2) is 0 Å². The lowest BCUT2D eigenvalue weighted by Crippen LogP contribution is -2.39. The minimum Gasteiger partial charge on any atom is -0.479 e. The van der Waals surface area contributed by atoms with E-state index in [2.05, 4.69) is 15.4 Å². The Labute approximate surface area is 111 Å². The van der Waals surface area contributed by atoms with Gasteiger partial charge in [-0.1, -0.05) is 0 Å². The summed E-state index contributed by atoms with van der Waals surface area (Å²) in [7, 11) is -3.22. The summed E-state index contributed by atoms with van der Waals surface area (Å²) < 4.78 is 23.7. The fraction of sp³-hybridized carbons (Fsp3) is 0.778. The summed E-state index contributed by atoms with van der Waals surface area (Å²) in [5.41, 5.74) is 0. The molecule has 0 bridgehead atoms. The lowest BCUT2D eigenvalue weighted by Gasteiger charge is -2.09. The molecule has 0 aliphatic heterocycles. The molecule has 0 radical (unpaired) electrons. The van der Waals surface area contributed by atoms with Crippen molar-refractivity contribution in [1.29, 1.82) is 0 Å². The van der Waals surface area contributed by atoms with E-state index < -0.39 is 28.1 Å². The topological polar surface area (TPSA) is 145 Å². The molecule has 10 heteroatoms. The highest BCUT2D eigenvalue weighted by molar-refractivity contribution is 7.88. The lowest BCUT2D eigenvalue weighted by molar-refractivity contribution is -0.146. The number of carbonyl (C=O) groups is 2. The molecular formula is C9H19N3O6S. The third-order valence-electron chi connectivity index (χ3n) is 1.99. The van der Waals surface area contributed by atoms with E-state index in [4.69, 9.17) is 10.2 Å². The van der Waals surface area contributed by atoms with Gasteiger partial charge in [-0.25, -0.2) is 22.7 Å². The fourth-order valence-electron chi connectivity index (χ4n) is 1.06. The van der Waals surface area contributed by atoms with Crippen molar-refractivity contribution in [2.24, 2.45) is 0 Å². The van der Waals surface area contributed by atoms with E-state index in [1.54, 1.807) is 0 Å². The van der Waals surface area contributed by atoms with Crippen LogP contribution >= 0.6 is 0 Å². The predicted octanol–water partition coefficient (Wildman–Crippen LogP) is -1.94. The number of carboxylic acid groups (broad SMARTS) is 1. The summed E-state index contributed by atoms with van der Waals surface area (Å²) in [5, 5.41) is 22.1. The molecule has 2 amide bonds. The van der Waals surface area contributed by atoms with Crippen LogP contribution in [0.5, 0.6) is 0 Å². The van der Waals surface area contributed by atoms with Gasteiger partial charge in [0.05, 0.1) is 6.26 Å². The Kier molecular flexibility index (Phi) is 8.03. The maximum Gasteiger partial charge on any atom is 0.332 e. The predicted molar refractivity (Wildman–Crippen MR) is 67.1 cm³/mol. The van der Waals surface area contributed by atoms with Crippen LogP contribution in [0.4, 0.5) is 4.79 Å². The smallest absolute Gasteiger partial charge is 0.332 e. The van der Waals surface area contributed by atoms with E-state index in [9.17, 15) is 18.0 Å². The molecule has 0 heterocycles. The molecule has 0 rings (SSSR count). The van der Waals surface area contributed by atoms with Crippen molar-refractivity contribution in [2.45, 2.75) is 18.9 Å². The highest BCUT2D eigenvalue weighted by Crippen LogP contribution is 1.89. The highest BCUT2D eigenvalue weighted by Gasteiger charge is 2.12. The molecule has 0 aromatic carbocycles. The Balaban J connectivity index is 3.53. The van der Waals surface area contributed by atoms with Crippen LogP contribution < -0.4 is 15.4 Å². The van der Waals surface area contributed by atoms with Crippen LogP contribution in [-0.4, -0.2) is 62.6 Å². The van der Waals surface area contributed by atoms with Crippen LogP contribution in [0.2, 0.25) is 0 Å². The molecular weight excluding hydrogens is 278 g/mol. The van der Waals surface area contributed by atoms with Crippen molar-refractivity contribution in [3.05, 3.63) is 0 Å². The van der Waals surface area contributed by atoms with Crippen LogP contribution in [0.3, 0.4) is 0 Å². The number of urea groups is 1. The summed E-state index contributed by atoms with van der Waals surface area (Å²) >= 11 is 0. The molecule has 19 heavy (non-hydrogen) atoms. The molecule has 0 aromatic rings. The van der Waals surface area contributed by atoms with E-state index >= 15 is 0 Å². The minimum absolute atomic E-state index is 0.0287. The third kappa shape index (κ3) is 11.4. The number of hydrogen-bond acceptors (Lipinski definition) is 5. The van der Waals surface area contributed by atoms with Crippen molar-refractivity contribution < 1.29 is 28.2 Å². The first-order valence-corrected chi connectivity index (χ1v) is 7.48. The zero-order chi connectivity index (χ0) is 14.9. The summed E-state index contributed by atoms with van der Waals surface area (Å²) in [4.78, 5) is 21.4. The molecule has 0 fully saturated rings. The molecule has 0 aromatic heterocycles. The minimum atomic E-state index is -3.22. The van der Waals surface area contributed by atoms with Crippen molar-refractivity contribution in [3.8, 4) is 0 Å². The second kappa shape index (κ2) is 8.67. The molecule has 5 N–H and O–H groups in total. The Morgan fingerprint density at radius 2 is 1.74 bits per heavy atom. The molecule has 0 aliphatic carbocycles. The first-order valence-electron chi connectivity index (χ1n) is 5.59. The number of rotatable bonds is 9. The van der Waals surface area contributed by atoms with Crippen LogP contribution in [0.25, 0.3) is 0 Å². The average molecular weight is 297 g/mol. The number of sulfonamides is 1. The van der Waals surface area contributed by atoms with Crippen LogP contribution in [-0.2, 0) is 14.8 Å². The Morgan fingerprint density at radius 1 is 1.16 bits per heavy atom. The standard InChI is InChI=1S/C9H19N3O6S/c1-19(17,18)12-5-2-4-10-9(16)11-6-3-7(13)8(14)15/h7,12-13H,2-6H2,1H3,(H,14,15)(H2,10,11,16). The third-order valence-corrected chi connectivity index (χ3v) is 2.72. The number of carbonyl (C=O) groups excluding carboxylic acids is 1. The largest absolute Gasteiger partial charge is 0.479 e. The molecule has 1 unspecified atom stereocenters. The summed E-state index contributed by atoms with van der Waals surface area (Å²) in [6.07, 6.45) is -0.114. The van der Waals surface area contributed by atoms with E-state index in [-0.39, 0.29) is 26.1 Å². The maximum atomic E-state index is 11.2. The summed E-state index contributed by atoms with van der Waals surface area (Å²) in [5.74, 6) is -1.34. The number of nitrogens with one attached hydrogen (secondary N) is 3. The SMILES string of the molecule is CS(=O)(=O)NCCCNC(=O)NCCC(O)C(=O)O. The number of aliphatic carboxylic acids is 1. The van der Waals surface area contributed by atoms with Gasteiger partial charge in [0.25, 0.3) is 0 Å². The molecule has 112 valence electrons. The molecule has 0 saturated heterocycles. The monoisotopic (exact) mass is 297 g/mol. The summed E-state index contributed by atoms with van der Waals surface area (Å²) in [6.45, 7) is 0.521. The van der Waals surface area contributed by atoms with Gasteiger partial charge >= 0.3 is 12.0 Å². The normalized spacial score (nSPS) is 12.7. The van der Waals surface area contributed by atoms with Crippen molar-refractivity contribution in [3.63, 3.8) is 0 Å². The van der Waals surface area contributed by atoms with Crippen LogP contribution in [0.1, 0.15) is 12.8 Å². The van der Waals surface area contributed by atoms with Gasteiger partial charge in [0.2, 0.25) is 10.0 Å². The van der Waals surface area contributed by atoms with E-state index in [0.29, 0.717) is 6.42 Å². The Hall–Kier alpha value is -1.39. The van der Waals surface area contributed by atoms with Gasteiger partial charge in [-0.15, -0.1) is 0 Å². The second-order valence-corrected chi connectivity index (χ2v) is 5.68. The second-order valence-electron chi connectivity index (χ2n) is 3.85. The zero-order valence-corrected chi connectivity index (χ0v) is 11.4. The van der Waals surface area contributed by atoms with E-state index in [0.717, 1.165) is 6.26 Å². The van der Waals surface area contributed by atoms with Crippen molar-refractivity contribution >= 4 is 22.0 Å². The van der Waals surface area contributed by atoms with Gasteiger partial charge in [0.15, 0.2) is 6.10 Å². The van der Waals surface area contributed by atoms with Gasteiger partial charge in [0.1, 0.15) is 0 Å². The molecule has 0 aliphatic rings. The van der Waals surface area contributed by atoms with E-state index in [1.165, 1.54) is 0 Å². The van der Waals surface area contributed by atoms with Gasteiger partial charge in [-0.2, -0.15) is 0 Å². The van der Waals surface area contributed by atoms with Gasteiger partial charge in [-0.3, -0.25) is 0 Å². The Bertz CT molecular complexity index is 397. The first kappa shape index (κ1) is 17.6. The van der Waals surface area contributed by atoms with Crippen molar-refractivity contribution in [1.82, 2.24) is 15.4 Å². The number of hydrogen-bond donors (Lipinski definition) is 5. The molecule has 0 spiro atoms. The van der Waals surface area contributed by atoms with Gasteiger partial charge in [-0.05, 0) is 6.42 Å². The maximum absolute atomic E-state index is 11.2. The quantitative estimate of drug-likeness (QED) is 0.313. The summed E-state index contributed by atoms with van der Waals surface area (Å²) in [6, 6.07) is -0.503. The number of amides is 2. The molecule has 0 saturated carbocycles. The molecule has 1 atom stereocenters. The highest BCUT2D eigenvalue weighted by atomic mass is 32.2. The number of aliphatic hydroxyl groups is 1. The molecule has 9 nitrogen and oxygen atoms in total. The van der Waals surface area contributed by atoms with Gasteiger partial charge in [0, 0.05) is 26.1 Å². The zero-order valence-electron chi connectivity index (χ0n) is 10.5. The lowest BCUT2D eigenvalue weighted by atomic mass is 10.2. The average Bonchev–Trinajstić information content (AvgIpc) is 2.26. The van der Waals surface area contributed by atoms with Crippen molar-refractivity contribution in [2.75, 3.05) is 25.9 Å². The fourth-order valence-corrected chi connectivity index (χ4v) is 1.57. The number of aliphatic hydroxyl groups excluding tert-OH is 1. The number of carboxylic acids is 1. The van der Waals surface area contributed by atoms with Crippen LogP contribution in [0, 0.1) is 0 Å².